The molecule has 0 fully saturated rings. The highest BCUT2D eigenvalue weighted by atomic mass is 79.9. The summed E-state index contributed by atoms with van der Waals surface area (Å²) in [5, 5.41) is 10.1. The van der Waals surface area contributed by atoms with E-state index < -0.39 is 0 Å². The first-order valence-corrected chi connectivity index (χ1v) is 10.2. The van der Waals surface area contributed by atoms with Crippen LogP contribution in [0.3, 0.4) is 0 Å². The normalized spacial score (nSPS) is 16.4. The fourth-order valence-corrected chi connectivity index (χ4v) is 3.90. The predicted molar refractivity (Wildman–Crippen MR) is 126 cm³/mol. The van der Waals surface area contributed by atoms with Crippen molar-refractivity contribution in [2.45, 2.75) is 13.8 Å². The van der Waals surface area contributed by atoms with Crippen LogP contribution in [0.4, 0.5) is 0 Å². The molecule has 0 saturated carbocycles. The first-order valence-electron chi connectivity index (χ1n) is 9.38. The molecular weight excluding hydrogens is 422 g/mol. The lowest BCUT2D eigenvalue weighted by Gasteiger charge is -2.08. The molecule has 0 spiro atoms. The van der Waals surface area contributed by atoms with Gasteiger partial charge in [0.25, 0.3) is 0 Å². The monoisotopic (exact) mass is 441 g/mol. The molecule has 0 unspecified atom stereocenters. The lowest BCUT2D eigenvalue weighted by atomic mass is 10.00. The van der Waals surface area contributed by atoms with Crippen LogP contribution < -0.4 is 0 Å². The maximum atomic E-state index is 8.02. The second-order valence-corrected chi connectivity index (χ2v) is 7.82. The van der Waals surface area contributed by atoms with E-state index in [0.717, 1.165) is 48.7 Å². The third-order valence-corrected chi connectivity index (χ3v) is 5.60. The van der Waals surface area contributed by atoms with Gasteiger partial charge in [0.05, 0.1) is 22.4 Å². The summed E-state index contributed by atoms with van der Waals surface area (Å²) in [4.78, 5) is 9.44. The molecular formula is C25H20BrN3. The molecule has 0 bridgehead atoms. The molecule has 4 heteroatoms. The first kappa shape index (κ1) is 19.2. The minimum Gasteiger partial charge on any atom is -0.300 e. The van der Waals surface area contributed by atoms with Crippen LogP contribution in [-0.2, 0) is 0 Å². The Balaban J connectivity index is 1.69. The Morgan fingerprint density at radius 2 is 1.90 bits per heavy atom. The maximum Gasteiger partial charge on any atom is 0.0976 e. The Kier molecular flexibility index (Phi) is 5.36. The first-order chi connectivity index (χ1) is 14.0. The molecule has 0 amide bonds. The van der Waals surface area contributed by atoms with Gasteiger partial charge in [-0.05, 0) is 49.3 Å². The van der Waals surface area contributed by atoms with Crippen molar-refractivity contribution in [3.63, 3.8) is 0 Å². The number of hydrogen-bond donors (Lipinski definition) is 1. The quantitative estimate of drug-likeness (QED) is 0.352. The number of allylic oxidation sites excluding steroid dienone is 10. The van der Waals surface area contributed by atoms with Crippen LogP contribution in [0.2, 0.25) is 0 Å². The minimum absolute atomic E-state index is 0.539. The summed E-state index contributed by atoms with van der Waals surface area (Å²) in [5.74, 6) is 0. The van der Waals surface area contributed by atoms with Crippen LogP contribution in [0.15, 0.2) is 94.7 Å². The largest absolute Gasteiger partial charge is 0.300 e. The highest BCUT2D eigenvalue weighted by molar-refractivity contribution is 9.10. The van der Waals surface area contributed by atoms with E-state index in [4.69, 9.17) is 10.4 Å². The SMILES string of the molecule is C\C(=C/C=C\C(C)=C1/C=CC=CC1=N)c1ccc2cc(Br)c3cccnc3c2n1. The van der Waals surface area contributed by atoms with Crippen LogP contribution in [0.5, 0.6) is 0 Å². The zero-order chi connectivity index (χ0) is 20.4. The summed E-state index contributed by atoms with van der Waals surface area (Å²) in [6.07, 6.45) is 15.5. The van der Waals surface area contributed by atoms with E-state index in [0.29, 0.717) is 5.71 Å². The van der Waals surface area contributed by atoms with Gasteiger partial charge < -0.3 is 5.41 Å². The van der Waals surface area contributed by atoms with Crippen LogP contribution >= 0.6 is 15.9 Å². The molecule has 142 valence electrons. The van der Waals surface area contributed by atoms with Gasteiger partial charge in [0, 0.05) is 27.0 Å². The van der Waals surface area contributed by atoms with Gasteiger partial charge in [0.2, 0.25) is 0 Å². The van der Waals surface area contributed by atoms with Crippen molar-refractivity contribution in [2.75, 3.05) is 0 Å². The number of fused-ring (bicyclic) bond motifs is 3. The van der Waals surface area contributed by atoms with Crippen molar-refractivity contribution in [3.8, 4) is 0 Å². The van der Waals surface area contributed by atoms with Gasteiger partial charge in [-0.25, -0.2) is 4.98 Å². The van der Waals surface area contributed by atoms with Crippen molar-refractivity contribution in [2.24, 2.45) is 0 Å². The van der Waals surface area contributed by atoms with E-state index in [1.807, 2.05) is 61.6 Å². The number of pyridine rings is 2. The molecule has 4 rings (SSSR count). The van der Waals surface area contributed by atoms with Crippen LogP contribution in [0.25, 0.3) is 27.4 Å². The molecule has 1 aliphatic carbocycles. The van der Waals surface area contributed by atoms with Gasteiger partial charge in [-0.2, -0.15) is 0 Å². The Morgan fingerprint density at radius 1 is 1.07 bits per heavy atom. The smallest absolute Gasteiger partial charge is 0.0976 e. The predicted octanol–water partition coefficient (Wildman–Crippen LogP) is 6.97. The van der Waals surface area contributed by atoms with Crippen LogP contribution in [-0.4, -0.2) is 15.7 Å². The summed E-state index contributed by atoms with van der Waals surface area (Å²) in [6.45, 7) is 4.08. The maximum absolute atomic E-state index is 8.02. The molecule has 1 aliphatic rings. The number of hydrogen-bond acceptors (Lipinski definition) is 3. The van der Waals surface area contributed by atoms with Crippen molar-refractivity contribution in [3.05, 3.63) is 100 Å². The molecule has 3 nitrogen and oxygen atoms in total. The summed E-state index contributed by atoms with van der Waals surface area (Å²) in [7, 11) is 0. The van der Waals surface area contributed by atoms with Gasteiger partial charge in [-0.1, -0.05) is 64.5 Å². The van der Waals surface area contributed by atoms with Crippen molar-refractivity contribution < 1.29 is 0 Å². The zero-order valence-corrected chi connectivity index (χ0v) is 17.9. The Hall–Kier alpha value is -3.11. The molecule has 0 aliphatic heterocycles. The second-order valence-electron chi connectivity index (χ2n) is 6.96. The number of benzene rings is 1. The van der Waals surface area contributed by atoms with Crippen LogP contribution in [0, 0.1) is 5.41 Å². The molecule has 0 atom stereocenters. The summed E-state index contributed by atoms with van der Waals surface area (Å²) in [5.41, 5.74) is 6.35. The summed E-state index contributed by atoms with van der Waals surface area (Å²) in [6, 6.07) is 10.2. The van der Waals surface area contributed by atoms with Gasteiger partial charge in [-0.15, -0.1) is 0 Å². The molecule has 1 aromatic carbocycles. The average molecular weight is 442 g/mol. The van der Waals surface area contributed by atoms with Crippen LogP contribution in [0.1, 0.15) is 19.5 Å². The number of aromatic nitrogens is 2. The topological polar surface area (TPSA) is 49.6 Å². The van der Waals surface area contributed by atoms with Gasteiger partial charge in [0.1, 0.15) is 0 Å². The molecule has 0 radical (unpaired) electrons. The van der Waals surface area contributed by atoms with Gasteiger partial charge in [0.15, 0.2) is 0 Å². The van der Waals surface area contributed by atoms with E-state index in [2.05, 4.69) is 46.0 Å². The summed E-state index contributed by atoms with van der Waals surface area (Å²) < 4.78 is 1.03. The third-order valence-electron chi connectivity index (χ3n) is 4.95. The van der Waals surface area contributed by atoms with E-state index >= 15 is 0 Å². The van der Waals surface area contributed by atoms with E-state index in [9.17, 15) is 0 Å². The molecule has 2 aromatic heterocycles. The molecule has 3 aromatic rings. The van der Waals surface area contributed by atoms with E-state index in [1.165, 1.54) is 0 Å². The van der Waals surface area contributed by atoms with Crippen molar-refractivity contribution in [1.29, 1.82) is 5.41 Å². The molecule has 29 heavy (non-hydrogen) atoms. The van der Waals surface area contributed by atoms with E-state index in [1.54, 1.807) is 6.20 Å². The molecule has 2 heterocycles. The van der Waals surface area contributed by atoms with Gasteiger partial charge in [-0.3, -0.25) is 4.98 Å². The standard InChI is InChI=1S/C25H20BrN3/c1-16(19-9-3-4-11-22(19)27)7-5-8-17(2)23-13-12-18-15-21(26)20-10-6-14-28-25(20)24(18)29-23/h3-15,27H,1-2H3/b7-5-,17-8+,19-16+,27-22?. The Labute approximate surface area is 178 Å². The highest BCUT2D eigenvalue weighted by Crippen LogP contribution is 2.30. The minimum atomic E-state index is 0.539. The fourth-order valence-electron chi connectivity index (χ4n) is 3.34. The lowest BCUT2D eigenvalue weighted by Crippen LogP contribution is -1.99. The van der Waals surface area contributed by atoms with Gasteiger partial charge >= 0.3 is 0 Å². The Bertz CT molecular complexity index is 1290. The molecule has 1 N–H and O–H groups in total. The van der Waals surface area contributed by atoms with Crippen molar-refractivity contribution in [1.82, 2.24) is 9.97 Å². The molecule has 0 saturated heterocycles. The summed E-state index contributed by atoms with van der Waals surface area (Å²) >= 11 is 3.63. The Morgan fingerprint density at radius 3 is 2.72 bits per heavy atom. The number of halogens is 1. The number of nitrogens with one attached hydrogen (secondary N) is 1. The third kappa shape index (κ3) is 3.89. The van der Waals surface area contributed by atoms with Crippen molar-refractivity contribution >= 4 is 49.0 Å². The zero-order valence-electron chi connectivity index (χ0n) is 16.3. The number of rotatable bonds is 3. The fraction of sp³-hybridized carbons (Fsp3) is 0.0800. The highest BCUT2D eigenvalue weighted by Gasteiger charge is 2.09. The number of nitrogens with zero attached hydrogens (tertiary/aromatic N) is 2. The lowest BCUT2D eigenvalue weighted by molar-refractivity contribution is 1.32. The second kappa shape index (κ2) is 8.10. The van der Waals surface area contributed by atoms with E-state index in [-0.39, 0.29) is 0 Å². The average Bonchev–Trinajstić information content (AvgIpc) is 2.74.